The van der Waals surface area contributed by atoms with Crippen LogP contribution in [0.25, 0.3) is 10.9 Å². The van der Waals surface area contributed by atoms with Crippen LogP contribution in [0.3, 0.4) is 0 Å². The highest BCUT2D eigenvalue weighted by molar-refractivity contribution is 7.80. The summed E-state index contributed by atoms with van der Waals surface area (Å²) in [4.78, 5) is 5.66. The summed E-state index contributed by atoms with van der Waals surface area (Å²) < 4.78 is 19.2. The smallest absolute Gasteiger partial charge is 0.265 e. The number of aromatic nitrogens is 1. The second-order valence-corrected chi connectivity index (χ2v) is 8.07. The van der Waals surface area contributed by atoms with Crippen molar-refractivity contribution in [3.05, 3.63) is 100 Å². The van der Waals surface area contributed by atoms with E-state index in [1.807, 2.05) is 36.4 Å². The van der Waals surface area contributed by atoms with Crippen molar-refractivity contribution in [2.75, 3.05) is 6.54 Å². The summed E-state index contributed by atoms with van der Waals surface area (Å²) in [6, 6.07) is 21.9. The van der Waals surface area contributed by atoms with Gasteiger partial charge in [-0.05, 0) is 72.2 Å². The van der Waals surface area contributed by atoms with Crippen LogP contribution >= 0.6 is 23.8 Å². The number of thiocarbonyl (C=S) groups is 1. The lowest BCUT2D eigenvalue weighted by molar-refractivity contribution is 0.289. The predicted molar refractivity (Wildman–Crippen MR) is 122 cm³/mol. The Balaban J connectivity index is 1.57. The highest BCUT2D eigenvalue weighted by Gasteiger charge is 2.34. The number of nitrogens with one attached hydrogen (secondary N) is 1. The first kappa shape index (κ1) is 19.1. The zero-order valence-electron chi connectivity index (χ0n) is 15.9. The van der Waals surface area contributed by atoms with Gasteiger partial charge in [0.2, 0.25) is 0 Å². The SMILES string of the molecule is Fc1ccc(OC(=S)N2CCc3c([nH]c4ccc(Cl)cc34)C2c2ccccc2)cc1. The van der Waals surface area contributed by atoms with Crippen LogP contribution in [0.5, 0.6) is 5.75 Å². The van der Waals surface area contributed by atoms with Crippen molar-refractivity contribution >= 4 is 39.9 Å². The summed E-state index contributed by atoms with van der Waals surface area (Å²) in [6.07, 6.45) is 0.811. The van der Waals surface area contributed by atoms with E-state index in [0.29, 0.717) is 17.5 Å². The largest absolute Gasteiger partial charge is 0.432 e. The van der Waals surface area contributed by atoms with Crippen molar-refractivity contribution in [3.8, 4) is 5.75 Å². The van der Waals surface area contributed by atoms with Crippen molar-refractivity contribution in [2.45, 2.75) is 12.5 Å². The first-order valence-corrected chi connectivity index (χ1v) is 10.5. The molecule has 0 aliphatic carbocycles. The van der Waals surface area contributed by atoms with Gasteiger partial charge < -0.3 is 14.6 Å². The normalized spacial score (nSPS) is 15.8. The van der Waals surface area contributed by atoms with E-state index in [9.17, 15) is 4.39 Å². The van der Waals surface area contributed by atoms with Gasteiger partial charge in [0.25, 0.3) is 5.17 Å². The fourth-order valence-electron chi connectivity index (χ4n) is 4.10. The number of aromatic amines is 1. The Hall–Kier alpha value is -2.89. The number of hydrogen-bond acceptors (Lipinski definition) is 2. The number of fused-ring (bicyclic) bond motifs is 3. The fourth-order valence-corrected chi connectivity index (χ4v) is 4.57. The number of halogens is 2. The average molecular weight is 437 g/mol. The second-order valence-electron chi connectivity index (χ2n) is 7.29. The molecule has 30 heavy (non-hydrogen) atoms. The minimum Gasteiger partial charge on any atom is -0.432 e. The van der Waals surface area contributed by atoms with Crippen LogP contribution < -0.4 is 4.74 Å². The quantitative estimate of drug-likeness (QED) is 0.375. The Morgan fingerprint density at radius 1 is 1.07 bits per heavy atom. The maximum absolute atomic E-state index is 13.2. The Bertz CT molecular complexity index is 1220. The number of nitrogens with zero attached hydrogens (tertiary/aromatic N) is 1. The van der Waals surface area contributed by atoms with Crippen molar-refractivity contribution in [3.63, 3.8) is 0 Å². The second kappa shape index (κ2) is 7.74. The maximum Gasteiger partial charge on any atom is 0.265 e. The van der Waals surface area contributed by atoms with Crippen molar-refractivity contribution in [1.82, 2.24) is 9.88 Å². The third-order valence-electron chi connectivity index (χ3n) is 5.46. The molecule has 1 aliphatic rings. The molecule has 150 valence electrons. The van der Waals surface area contributed by atoms with Crippen molar-refractivity contribution in [2.24, 2.45) is 0 Å². The lowest BCUT2D eigenvalue weighted by Gasteiger charge is -2.37. The number of H-pyrrole nitrogens is 1. The van der Waals surface area contributed by atoms with Gasteiger partial charge in [0, 0.05) is 28.2 Å². The van der Waals surface area contributed by atoms with E-state index in [2.05, 4.69) is 22.0 Å². The molecule has 0 saturated carbocycles. The van der Waals surface area contributed by atoms with Crippen molar-refractivity contribution in [1.29, 1.82) is 0 Å². The lowest BCUT2D eigenvalue weighted by Crippen LogP contribution is -2.42. The van der Waals surface area contributed by atoms with Gasteiger partial charge in [0.05, 0.1) is 6.04 Å². The molecule has 1 aliphatic heterocycles. The van der Waals surface area contributed by atoms with Crippen LogP contribution in [-0.2, 0) is 6.42 Å². The van der Waals surface area contributed by atoms with E-state index in [4.69, 9.17) is 28.6 Å². The molecule has 6 heteroatoms. The molecule has 0 saturated heterocycles. The third kappa shape index (κ3) is 3.44. The zero-order valence-corrected chi connectivity index (χ0v) is 17.5. The molecule has 4 aromatic rings. The molecule has 0 bridgehead atoms. The average Bonchev–Trinajstić information content (AvgIpc) is 3.13. The van der Waals surface area contributed by atoms with Crippen LogP contribution in [0, 0.1) is 5.82 Å². The Kier molecular flexibility index (Phi) is 4.93. The van der Waals surface area contributed by atoms with E-state index < -0.39 is 0 Å². The Morgan fingerprint density at radius 2 is 1.83 bits per heavy atom. The standard InChI is InChI=1S/C24H18ClFN2OS/c25-16-6-11-21-20(14-16)19-12-13-28(24(30)29-18-9-7-17(26)8-10-18)23(22(19)27-21)15-4-2-1-3-5-15/h1-11,14,23,27H,12-13H2. The monoisotopic (exact) mass is 436 g/mol. The molecule has 1 unspecified atom stereocenters. The minimum atomic E-state index is -0.310. The minimum absolute atomic E-state index is 0.117. The molecule has 3 nitrogen and oxygen atoms in total. The molecule has 0 spiro atoms. The van der Waals surface area contributed by atoms with Gasteiger partial charge in [-0.1, -0.05) is 41.9 Å². The van der Waals surface area contributed by atoms with Crippen LogP contribution in [0.1, 0.15) is 22.9 Å². The number of benzene rings is 3. The van der Waals surface area contributed by atoms with E-state index in [-0.39, 0.29) is 11.9 Å². The Labute approximate surface area is 184 Å². The molecule has 1 N–H and O–H groups in total. The molecular formula is C24H18ClFN2OS. The summed E-state index contributed by atoms with van der Waals surface area (Å²) in [5, 5.41) is 2.22. The molecule has 0 amide bonds. The van der Waals surface area contributed by atoms with Crippen LogP contribution in [-0.4, -0.2) is 21.6 Å². The first-order chi connectivity index (χ1) is 14.6. The highest BCUT2D eigenvalue weighted by atomic mass is 35.5. The van der Waals surface area contributed by atoms with E-state index in [0.717, 1.165) is 33.6 Å². The summed E-state index contributed by atoms with van der Waals surface area (Å²) >= 11 is 11.9. The van der Waals surface area contributed by atoms with E-state index in [1.165, 1.54) is 17.7 Å². The Morgan fingerprint density at radius 3 is 2.60 bits per heavy atom. The lowest BCUT2D eigenvalue weighted by atomic mass is 9.93. The summed E-state index contributed by atoms with van der Waals surface area (Å²) in [5.74, 6) is 0.206. The summed E-state index contributed by atoms with van der Waals surface area (Å²) in [7, 11) is 0. The molecule has 1 atom stereocenters. The molecular weight excluding hydrogens is 419 g/mol. The van der Waals surface area contributed by atoms with E-state index in [1.54, 1.807) is 12.1 Å². The molecule has 0 radical (unpaired) electrons. The number of hydrogen-bond donors (Lipinski definition) is 1. The van der Waals surface area contributed by atoms with E-state index >= 15 is 0 Å². The van der Waals surface area contributed by atoms with Gasteiger partial charge in [0.15, 0.2) is 0 Å². The fraction of sp³-hybridized carbons (Fsp3) is 0.125. The molecule has 0 fully saturated rings. The topological polar surface area (TPSA) is 28.3 Å². The predicted octanol–water partition coefficient (Wildman–Crippen LogP) is 6.27. The van der Waals surface area contributed by atoms with Gasteiger partial charge in [-0.2, -0.15) is 0 Å². The zero-order chi connectivity index (χ0) is 20.7. The maximum atomic E-state index is 13.2. The van der Waals surface area contributed by atoms with Gasteiger partial charge in [-0.25, -0.2) is 4.39 Å². The van der Waals surface area contributed by atoms with Gasteiger partial charge in [0.1, 0.15) is 11.6 Å². The molecule has 5 rings (SSSR count). The number of ether oxygens (including phenoxy) is 1. The molecule has 1 aromatic heterocycles. The molecule has 2 heterocycles. The third-order valence-corrected chi connectivity index (χ3v) is 6.01. The van der Waals surface area contributed by atoms with Crippen LogP contribution in [0.4, 0.5) is 4.39 Å². The van der Waals surface area contributed by atoms with Crippen LogP contribution in [0.15, 0.2) is 72.8 Å². The number of rotatable bonds is 2. The van der Waals surface area contributed by atoms with Gasteiger partial charge >= 0.3 is 0 Å². The van der Waals surface area contributed by atoms with Gasteiger partial charge in [-0.3, -0.25) is 0 Å². The first-order valence-electron chi connectivity index (χ1n) is 9.69. The molecule has 3 aromatic carbocycles. The summed E-state index contributed by atoms with van der Waals surface area (Å²) in [5.41, 5.74) is 4.51. The van der Waals surface area contributed by atoms with Crippen LogP contribution in [0.2, 0.25) is 5.02 Å². The van der Waals surface area contributed by atoms with Crippen molar-refractivity contribution < 1.29 is 9.13 Å². The van der Waals surface area contributed by atoms with Gasteiger partial charge in [-0.15, -0.1) is 0 Å². The highest BCUT2D eigenvalue weighted by Crippen LogP contribution is 2.39. The summed E-state index contributed by atoms with van der Waals surface area (Å²) in [6.45, 7) is 0.700.